The number of carbonyl (C=O) groups is 1. The third kappa shape index (κ3) is 3.42. The molecule has 2 aromatic heterocycles. The van der Waals surface area contributed by atoms with E-state index in [1.54, 1.807) is 30.1 Å². The highest BCUT2D eigenvalue weighted by Crippen LogP contribution is 2.15. The summed E-state index contributed by atoms with van der Waals surface area (Å²) in [5, 5.41) is 12.7. The number of benzene rings is 2. The Hall–Kier alpha value is -3.74. The maximum atomic E-state index is 12.6. The minimum absolute atomic E-state index is 0.0958. The van der Waals surface area contributed by atoms with Crippen molar-refractivity contribution < 1.29 is 4.79 Å². The van der Waals surface area contributed by atoms with Crippen LogP contribution in [0.4, 0.5) is 0 Å². The highest BCUT2D eigenvalue weighted by molar-refractivity contribution is 5.88. The van der Waals surface area contributed by atoms with Crippen molar-refractivity contribution in [3.05, 3.63) is 88.6 Å². The van der Waals surface area contributed by atoms with Crippen LogP contribution in [0, 0.1) is 0 Å². The first-order valence-electron chi connectivity index (χ1n) is 8.93. The van der Waals surface area contributed by atoms with Crippen molar-refractivity contribution in [1.82, 2.24) is 24.9 Å². The predicted octanol–water partition coefficient (Wildman–Crippen LogP) is 1.98. The van der Waals surface area contributed by atoms with Crippen LogP contribution in [0.1, 0.15) is 11.3 Å². The zero-order valence-corrected chi connectivity index (χ0v) is 15.4. The lowest BCUT2D eigenvalue weighted by molar-refractivity contribution is -0.120. The molecule has 7 heteroatoms. The van der Waals surface area contributed by atoms with Crippen molar-refractivity contribution in [2.75, 3.05) is 0 Å². The second-order valence-electron chi connectivity index (χ2n) is 6.45. The normalized spacial score (nSPS) is 10.9. The Bertz CT molecular complexity index is 1200. The molecule has 4 aromatic rings. The van der Waals surface area contributed by atoms with Gasteiger partial charge in [-0.15, -0.1) is 0 Å². The second-order valence-corrected chi connectivity index (χ2v) is 6.45. The van der Waals surface area contributed by atoms with Crippen LogP contribution in [0.2, 0.25) is 0 Å². The number of aromatic nitrogens is 4. The molecule has 0 atom stereocenters. The first-order valence-corrected chi connectivity index (χ1v) is 8.93. The number of nitrogens with one attached hydrogen (secondary N) is 1. The molecule has 0 fully saturated rings. The number of hydrogen-bond acceptors (Lipinski definition) is 4. The van der Waals surface area contributed by atoms with E-state index in [0.717, 1.165) is 11.3 Å². The van der Waals surface area contributed by atoms with Crippen LogP contribution in [-0.4, -0.2) is 25.5 Å². The Kier molecular flexibility index (Phi) is 4.72. The summed E-state index contributed by atoms with van der Waals surface area (Å²) in [5.74, 6) is -0.161. The standard InChI is InChI=1S/C21H19N5O2/c1-25-21(28)17-9-4-3-8-16(17)18(24-25)13-20(27)22-14-15-7-2-5-10-19(15)26-12-6-11-23-26/h2-12H,13-14H2,1H3,(H,22,27). The van der Waals surface area contributed by atoms with Gasteiger partial charge in [-0.1, -0.05) is 36.4 Å². The number of aryl methyl sites for hydroxylation is 1. The summed E-state index contributed by atoms with van der Waals surface area (Å²) in [5.41, 5.74) is 2.28. The van der Waals surface area contributed by atoms with E-state index in [9.17, 15) is 9.59 Å². The molecule has 28 heavy (non-hydrogen) atoms. The first-order chi connectivity index (χ1) is 13.6. The molecule has 140 valence electrons. The molecular formula is C21H19N5O2. The molecule has 0 spiro atoms. The predicted molar refractivity (Wildman–Crippen MR) is 106 cm³/mol. The summed E-state index contributed by atoms with van der Waals surface area (Å²) in [6, 6.07) is 16.8. The molecule has 2 aromatic carbocycles. The van der Waals surface area contributed by atoms with Crippen LogP contribution in [0.3, 0.4) is 0 Å². The molecule has 0 saturated carbocycles. The van der Waals surface area contributed by atoms with Gasteiger partial charge >= 0.3 is 0 Å². The lowest BCUT2D eigenvalue weighted by Crippen LogP contribution is -2.28. The van der Waals surface area contributed by atoms with Crippen LogP contribution in [0.25, 0.3) is 16.5 Å². The van der Waals surface area contributed by atoms with Crippen LogP contribution in [0.5, 0.6) is 0 Å². The van der Waals surface area contributed by atoms with E-state index < -0.39 is 0 Å². The summed E-state index contributed by atoms with van der Waals surface area (Å²) in [6.07, 6.45) is 3.67. The van der Waals surface area contributed by atoms with Crippen LogP contribution >= 0.6 is 0 Å². The van der Waals surface area contributed by atoms with Crippen LogP contribution in [0.15, 0.2) is 71.8 Å². The Labute approximate surface area is 161 Å². The zero-order chi connectivity index (χ0) is 19.5. The van der Waals surface area contributed by atoms with Crippen molar-refractivity contribution >= 4 is 16.7 Å². The van der Waals surface area contributed by atoms with Gasteiger partial charge in [0.25, 0.3) is 5.56 Å². The summed E-state index contributed by atoms with van der Waals surface area (Å²) in [6.45, 7) is 0.374. The SMILES string of the molecule is Cn1nc(CC(=O)NCc2ccccc2-n2cccn2)c2ccccc2c1=O. The number of carbonyl (C=O) groups excluding carboxylic acids is 1. The molecule has 0 unspecified atom stereocenters. The van der Waals surface area contributed by atoms with Gasteiger partial charge in [-0.3, -0.25) is 9.59 Å². The van der Waals surface area contributed by atoms with Crippen molar-refractivity contribution in [1.29, 1.82) is 0 Å². The van der Waals surface area contributed by atoms with Crippen molar-refractivity contribution in [3.8, 4) is 5.69 Å². The fraction of sp³-hybridized carbons (Fsp3) is 0.143. The van der Waals surface area contributed by atoms with Crippen LogP contribution < -0.4 is 10.9 Å². The Balaban J connectivity index is 1.54. The van der Waals surface area contributed by atoms with E-state index in [0.29, 0.717) is 23.0 Å². The fourth-order valence-corrected chi connectivity index (χ4v) is 3.21. The minimum atomic E-state index is -0.173. The van der Waals surface area contributed by atoms with E-state index in [2.05, 4.69) is 15.5 Å². The first kappa shape index (κ1) is 17.7. The highest BCUT2D eigenvalue weighted by Gasteiger charge is 2.13. The smallest absolute Gasteiger partial charge is 0.274 e. The Morgan fingerprint density at radius 2 is 1.79 bits per heavy atom. The molecule has 4 rings (SSSR count). The van der Waals surface area contributed by atoms with Crippen molar-refractivity contribution in [2.45, 2.75) is 13.0 Å². The number of amides is 1. The van der Waals surface area contributed by atoms with Gasteiger partial charge < -0.3 is 5.32 Å². The summed E-state index contributed by atoms with van der Waals surface area (Å²) in [4.78, 5) is 24.8. The van der Waals surface area contributed by atoms with Gasteiger partial charge in [-0.05, 0) is 23.8 Å². The van der Waals surface area contributed by atoms with E-state index in [-0.39, 0.29) is 17.9 Å². The number of fused-ring (bicyclic) bond motifs is 1. The molecule has 0 aliphatic carbocycles. The molecule has 2 heterocycles. The molecule has 0 radical (unpaired) electrons. The van der Waals surface area contributed by atoms with Gasteiger partial charge in [0, 0.05) is 31.4 Å². The van der Waals surface area contributed by atoms with E-state index in [1.165, 1.54) is 4.68 Å². The fourth-order valence-electron chi connectivity index (χ4n) is 3.21. The van der Waals surface area contributed by atoms with Crippen molar-refractivity contribution in [3.63, 3.8) is 0 Å². The number of para-hydroxylation sites is 1. The topological polar surface area (TPSA) is 81.8 Å². The molecule has 0 aliphatic heterocycles. The summed E-state index contributed by atoms with van der Waals surface area (Å²) >= 11 is 0. The largest absolute Gasteiger partial charge is 0.352 e. The summed E-state index contributed by atoms with van der Waals surface area (Å²) in [7, 11) is 1.59. The van der Waals surface area contributed by atoms with Gasteiger partial charge in [0.15, 0.2) is 0 Å². The molecule has 0 aliphatic rings. The molecular weight excluding hydrogens is 354 g/mol. The van der Waals surface area contributed by atoms with Gasteiger partial charge in [-0.2, -0.15) is 10.2 Å². The second kappa shape index (κ2) is 7.48. The monoisotopic (exact) mass is 373 g/mol. The van der Waals surface area contributed by atoms with Gasteiger partial charge in [0.1, 0.15) is 0 Å². The van der Waals surface area contributed by atoms with Crippen molar-refractivity contribution in [2.24, 2.45) is 7.05 Å². The lowest BCUT2D eigenvalue weighted by atomic mass is 10.1. The average Bonchev–Trinajstić information content (AvgIpc) is 3.25. The van der Waals surface area contributed by atoms with Gasteiger partial charge in [0.05, 0.1) is 23.2 Å². The Morgan fingerprint density at radius 3 is 2.57 bits per heavy atom. The maximum absolute atomic E-state index is 12.6. The van der Waals surface area contributed by atoms with Gasteiger partial charge in [-0.25, -0.2) is 9.36 Å². The van der Waals surface area contributed by atoms with Crippen LogP contribution in [-0.2, 0) is 24.8 Å². The highest BCUT2D eigenvalue weighted by atomic mass is 16.1. The molecule has 1 amide bonds. The number of hydrogen-bond donors (Lipinski definition) is 1. The summed E-state index contributed by atoms with van der Waals surface area (Å²) < 4.78 is 3.04. The van der Waals surface area contributed by atoms with E-state index in [4.69, 9.17) is 0 Å². The van der Waals surface area contributed by atoms with E-state index >= 15 is 0 Å². The average molecular weight is 373 g/mol. The quantitative estimate of drug-likeness (QED) is 0.580. The third-order valence-corrected chi connectivity index (χ3v) is 4.58. The Morgan fingerprint density at radius 1 is 1.04 bits per heavy atom. The molecule has 1 N–H and O–H groups in total. The van der Waals surface area contributed by atoms with Gasteiger partial charge in [0.2, 0.25) is 5.91 Å². The molecule has 0 bridgehead atoms. The molecule has 7 nitrogen and oxygen atoms in total. The zero-order valence-electron chi connectivity index (χ0n) is 15.4. The maximum Gasteiger partial charge on any atom is 0.274 e. The number of rotatable bonds is 5. The van der Waals surface area contributed by atoms with E-state index in [1.807, 2.05) is 48.7 Å². The number of nitrogens with zero attached hydrogens (tertiary/aromatic N) is 4. The lowest BCUT2D eigenvalue weighted by Gasteiger charge is -2.11. The minimum Gasteiger partial charge on any atom is -0.352 e. The molecule has 0 saturated heterocycles. The third-order valence-electron chi connectivity index (χ3n) is 4.58.